The lowest BCUT2D eigenvalue weighted by Crippen LogP contribution is -2.06. The Bertz CT molecular complexity index is 1980. The highest BCUT2D eigenvalue weighted by molar-refractivity contribution is 5.91. The Hall–Kier alpha value is -6.80. The van der Waals surface area contributed by atoms with E-state index in [1.165, 1.54) is 0 Å². The van der Waals surface area contributed by atoms with Gasteiger partial charge in [-0.3, -0.25) is 0 Å². The number of H-pyrrole nitrogens is 4. The molecular formula is C44H40N8. The van der Waals surface area contributed by atoms with Crippen molar-refractivity contribution in [3.05, 3.63) is 215 Å². The Morgan fingerprint density at radius 1 is 0.269 bits per heavy atom. The van der Waals surface area contributed by atoms with Gasteiger partial charge in [-0.2, -0.15) is 0 Å². The van der Waals surface area contributed by atoms with E-state index in [0.717, 1.165) is 90.1 Å². The zero-order valence-electron chi connectivity index (χ0n) is 29.6. The normalized spacial score (nSPS) is 18.1. The van der Waals surface area contributed by atoms with E-state index >= 15 is 0 Å². The SMILES string of the molecule is CN1C=CC(=C2c3ccc([nH]3)C(=C3C=CN(C)C=C3)c3ccc([nH]3)C(=C3C=CN(C)C=C3)c3ccc([nH]3)C(=C3C=CN(C)C=C3)c3ccc2[nH]3)C=C1. The van der Waals surface area contributed by atoms with Crippen LogP contribution in [0.2, 0.25) is 0 Å². The van der Waals surface area contributed by atoms with E-state index in [4.69, 9.17) is 0 Å². The maximum Gasteiger partial charge on any atom is 0.0485 e. The lowest BCUT2D eigenvalue weighted by Gasteiger charge is -2.18. The van der Waals surface area contributed by atoms with Crippen LogP contribution >= 0.6 is 0 Å². The molecule has 5 aliphatic rings. The lowest BCUT2D eigenvalue weighted by molar-refractivity contribution is 0.620. The zero-order chi connectivity index (χ0) is 35.3. The number of rotatable bonds is 0. The summed E-state index contributed by atoms with van der Waals surface area (Å²) in [5, 5.41) is 0. The average molecular weight is 681 g/mol. The van der Waals surface area contributed by atoms with Gasteiger partial charge < -0.3 is 39.5 Å². The molecule has 4 N–H and O–H groups in total. The molecule has 52 heavy (non-hydrogen) atoms. The third-order valence-electron chi connectivity index (χ3n) is 9.97. The largest absolute Gasteiger partial charge is 0.357 e. The highest BCUT2D eigenvalue weighted by Crippen LogP contribution is 2.39. The molecule has 0 atom stereocenters. The van der Waals surface area contributed by atoms with Gasteiger partial charge >= 0.3 is 0 Å². The van der Waals surface area contributed by atoms with Crippen molar-refractivity contribution in [1.82, 2.24) is 39.5 Å². The van der Waals surface area contributed by atoms with Crippen LogP contribution in [0.4, 0.5) is 0 Å². The van der Waals surface area contributed by atoms with E-state index in [9.17, 15) is 0 Å². The molecule has 0 aliphatic carbocycles. The first-order valence-electron chi connectivity index (χ1n) is 17.5. The fourth-order valence-electron chi connectivity index (χ4n) is 7.24. The third kappa shape index (κ3) is 5.60. The quantitative estimate of drug-likeness (QED) is 0.133. The molecule has 256 valence electrons. The van der Waals surface area contributed by atoms with E-state index in [1.807, 2.05) is 28.2 Å². The standard InChI is InChI=1S/C44H40N8/c1-49-21-13-29(14-22-49)41-33-5-7-35(45-33)42(30-15-23-50(2)24-16-30)37-9-11-39(47-37)44(32-19-27-52(4)28-20-32)40-12-10-38(48-40)43(36-8-6-34(41)46-36)31-17-25-51(3)26-18-31/h5-28,45-48H,1-4H3. The van der Waals surface area contributed by atoms with Gasteiger partial charge in [0.2, 0.25) is 0 Å². The van der Waals surface area contributed by atoms with Crippen LogP contribution in [-0.2, 0) is 0 Å². The van der Waals surface area contributed by atoms with Crippen molar-refractivity contribution >= 4 is 22.3 Å². The number of nitrogens with zero attached hydrogens (tertiary/aromatic N) is 4. The minimum atomic E-state index is 1.02. The van der Waals surface area contributed by atoms with Gasteiger partial charge in [-0.25, -0.2) is 0 Å². The van der Waals surface area contributed by atoms with Gasteiger partial charge in [-0.1, -0.05) is 0 Å². The molecule has 4 aromatic rings. The van der Waals surface area contributed by atoms with Crippen molar-refractivity contribution in [2.75, 3.05) is 28.2 Å². The van der Waals surface area contributed by atoms with Crippen molar-refractivity contribution in [1.29, 1.82) is 0 Å². The summed E-state index contributed by atoms with van der Waals surface area (Å²) in [6.07, 6.45) is 34.2. The van der Waals surface area contributed by atoms with Gasteiger partial charge in [0.25, 0.3) is 0 Å². The average Bonchev–Trinajstić information content (AvgIpc) is 3.99. The van der Waals surface area contributed by atoms with Gasteiger partial charge in [-0.05, 0) is 119 Å². The second kappa shape index (κ2) is 12.5. The van der Waals surface area contributed by atoms with Crippen LogP contribution < -0.4 is 0 Å². The van der Waals surface area contributed by atoms with Crippen molar-refractivity contribution in [2.24, 2.45) is 0 Å². The van der Waals surface area contributed by atoms with Crippen LogP contribution in [0.3, 0.4) is 0 Å². The Labute approximate surface area is 303 Å². The van der Waals surface area contributed by atoms with Crippen LogP contribution in [-0.4, -0.2) is 67.7 Å². The number of aromatic nitrogens is 4. The molecule has 0 saturated carbocycles. The molecule has 0 radical (unpaired) electrons. The number of aromatic amines is 4. The summed E-state index contributed by atoms with van der Waals surface area (Å²) in [6, 6.07) is 17.6. The number of hydrogen-bond donors (Lipinski definition) is 4. The second-order valence-electron chi connectivity index (χ2n) is 13.7. The Balaban J connectivity index is 1.34. The van der Waals surface area contributed by atoms with E-state index in [0.29, 0.717) is 0 Å². The van der Waals surface area contributed by atoms with Gasteiger partial charge in [0.1, 0.15) is 0 Å². The monoisotopic (exact) mass is 680 g/mol. The first-order valence-corrected chi connectivity index (χ1v) is 17.5. The first kappa shape index (κ1) is 31.2. The van der Waals surface area contributed by atoms with Gasteiger partial charge in [0.05, 0.1) is 0 Å². The second-order valence-corrected chi connectivity index (χ2v) is 13.7. The van der Waals surface area contributed by atoms with E-state index in [2.05, 4.69) is 186 Å². The molecular weight excluding hydrogens is 641 g/mol. The Morgan fingerprint density at radius 3 is 0.577 bits per heavy atom. The smallest absolute Gasteiger partial charge is 0.0485 e. The molecule has 0 saturated heterocycles. The predicted octanol–water partition coefficient (Wildman–Crippen LogP) is 8.41. The highest BCUT2D eigenvalue weighted by Gasteiger charge is 2.24. The van der Waals surface area contributed by atoms with Gasteiger partial charge in [-0.15, -0.1) is 0 Å². The van der Waals surface area contributed by atoms with Crippen LogP contribution in [0.15, 0.2) is 169 Å². The number of allylic oxidation sites excluding steroid dienone is 12. The molecule has 0 spiro atoms. The van der Waals surface area contributed by atoms with Crippen LogP contribution in [0, 0.1) is 0 Å². The van der Waals surface area contributed by atoms with Gasteiger partial charge in [0, 0.05) is 146 Å². The van der Waals surface area contributed by atoms with Crippen molar-refractivity contribution in [3.63, 3.8) is 0 Å². The lowest BCUT2D eigenvalue weighted by atomic mass is 10.0. The minimum Gasteiger partial charge on any atom is -0.357 e. The molecule has 8 bridgehead atoms. The number of nitrogens with one attached hydrogen (secondary N) is 4. The van der Waals surface area contributed by atoms with Crippen LogP contribution in [0.1, 0.15) is 45.6 Å². The topological polar surface area (TPSA) is 76.1 Å². The summed E-state index contributed by atoms with van der Waals surface area (Å²) < 4.78 is 0. The molecule has 8 nitrogen and oxygen atoms in total. The van der Waals surface area contributed by atoms with E-state index < -0.39 is 0 Å². The molecule has 0 unspecified atom stereocenters. The summed E-state index contributed by atoms with van der Waals surface area (Å²) in [7, 11) is 8.19. The van der Waals surface area contributed by atoms with Crippen molar-refractivity contribution in [3.8, 4) is 0 Å². The summed E-state index contributed by atoms with van der Waals surface area (Å²) in [4.78, 5) is 23.7. The van der Waals surface area contributed by atoms with Gasteiger partial charge in [0.15, 0.2) is 0 Å². The highest BCUT2D eigenvalue weighted by atomic mass is 15.1. The summed E-state index contributed by atoms with van der Waals surface area (Å²) in [5.74, 6) is 0. The maximum atomic E-state index is 3.87. The molecule has 8 heteroatoms. The van der Waals surface area contributed by atoms with Crippen LogP contribution in [0.25, 0.3) is 22.3 Å². The molecule has 0 amide bonds. The van der Waals surface area contributed by atoms with Crippen molar-refractivity contribution in [2.45, 2.75) is 0 Å². The summed E-state index contributed by atoms with van der Waals surface area (Å²) in [5.41, 5.74) is 17.0. The minimum absolute atomic E-state index is 1.02. The number of fused-ring (bicyclic) bond motifs is 8. The van der Waals surface area contributed by atoms with E-state index in [1.54, 1.807) is 0 Å². The Morgan fingerprint density at radius 2 is 0.423 bits per heavy atom. The summed E-state index contributed by atoms with van der Waals surface area (Å²) in [6.45, 7) is 0. The first-order chi connectivity index (χ1) is 25.4. The molecule has 9 rings (SSSR count). The van der Waals surface area contributed by atoms with Crippen molar-refractivity contribution < 1.29 is 0 Å². The Kier molecular flexibility index (Phi) is 7.51. The number of hydrogen-bond acceptors (Lipinski definition) is 4. The van der Waals surface area contributed by atoms with Crippen LogP contribution in [0.5, 0.6) is 0 Å². The zero-order valence-corrected chi connectivity index (χ0v) is 29.6. The fourth-order valence-corrected chi connectivity index (χ4v) is 7.24. The molecule has 0 aromatic carbocycles. The molecule has 4 aromatic heterocycles. The molecule has 0 fully saturated rings. The predicted molar refractivity (Wildman–Crippen MR) is 211 cm³/mol. The van der Waals surface area contributed by atoms with E-state index in [-0.39, 0.29) is 0 Å². The summed E-state index contributed by atoms with van der Waals surface area (Å²) >= 11 is 0. The molecule has 5 aliphatic heterocycles. The third-order valence-corrected chi connectivity index (χ3v) is 9.97. The fraction of sp³-hybridized carbons (Fsp3) is 0.0909. The molecule has 9 heterocycles. The maximum absolute atomic E-state index is 3.87.